The highest BCUT2D eigenvalue weighted by Gasteiger charge is 2.34. The number of methoxy groups -OCH3 is 1. The van der Waals surface area contributed by atoms with E-state index in [2.05, 4.69) is 15.7 Å². The molecule has 2 amide bonds. The van der Waals surface area contributed by atoms with Crippen LogP contribution in [0.25, 0.3) is 5.69 Å². The number of benzene rings is 3. The van der Waals surface area contributed by atoms with Crippen LogP contribution in [0.1, 0.15) is 32.1 Å². The van der Waals surface area contributed by atoms with E-state index in [0.29, 0.717) is 22.0 Å². The highest BCUT2D eigenvalue weighted by Crippen LogP contribution is 2.32. The third-order valence-corrected chi connectivity index (χ3v) is 5.62. The Morgan fingerprint density at radius 1 is 0.892 bits per heavy atom. The van der Waals surface area contributed by atoms with E-state index in [-0.39, 0.29) is 22.6 Å². The average Bonchev–Trinajstić information content (AvgIpc) is 3.26. The number of hydrogen-bond acceptors (Lipinski definition) is 4. The van der Waals surface area contributed by atoms with Gasteiger partial charge in [0.05, 0.1) is 18.5 Å². The van der Waals surface area contributed by atoms with Gasteiger partial charge in [-0.15, -0.1) is 0 Å². The lowest BCUT2D eigenvalue weighted by Crippen LogP contribution is -2.16. The summed E-state index contributed by atoms with van der Waals surface area (Å²) in [5.74, 6) is -0.377. The molecule has 0 atom stereocenters. The Labute approximate surface area is 214 Å². The Balaban J connectivity index is 1.70. The largest absolute Gasteiger partial charge is 0.497 e. The van der Waals surface area contributed by atoms with Crippen LogP contribution in [0.4, 0.5) is 24.5 Å². The molecule has 37 heavy (non-hydrogen) atoms. The van der Waals surface area contributed by atoms with Gasteiger partial charge in [-0.2, -0.15) is 18.3 Å². The van der Waals surface area contributed by atoms with Gasteiger partial charge in [-0.05, 0) is 79.7 Å². The van der Waals surface area contributed by atoms with Crippen molar-refractivity contribution < 1.29 is 27.5 Å². The van der Waals surface area contributed by atoms with Crippen molar-refractivity contribution in [3.8, 4) is 11.4 Å². The molecule has 0 aliphatic heterocycles. The van der Waals surface area contributed by atoms with Crippen molar-refractivity contribution >= 4 is 34.8 Å². The fourth-order valence-electron chi connectivity index (χ4n) is 3.50. The van der Waals surface area contributed by atoms with Crippen LogP contribution in [0.3, 0.4) is 0 Å². The summed E-state index contributed by atoms with van der Waals surface area (Å²) < 4.78 is 46.0. The molecule has 4 rings (SSSR count). The number of nitrogens with zero attached hydrogens (tertiary/aromatic N) is 2. The fraction of sp³-hybridized carbons (Fsp3) is 0.115. The van der Waals surface area contributed by atoms with E-state index in [9.17, 15) is 22.8 Å². The van der Waals surface area contributed by atoms with Crippen molar-refractivity contribution in [3.05, 3.63) is 100 Å². The number of anilines is 2. The van der Waals surface area contributed by atoms with E-state index in [1.807, 2.05) is 0 Å². The third kappa shape index (κ3) is 5.92. The molecule has 7 nitrogen and oxygen atoms in total. The maximum atomic E-state index is 13.3. The second-order valence-electron chi connectivity index (χ2n) is 7.96. The second kappa shape index (κ2) is 10.4. The molecule has 0 radical (unpaired) electrons. The van der Waals surface area contributed by atoms with Crippen molar-refractivity contribution in [1.29, 1.82) is 0 Å². The normalized spacial score (nSPS) is 11.2. The number of aromatic nitrogens is 2. The van der Waals surface area contributed by atoms with Crippen molar-refractivity contribution in [2.45, 2.75) is 13.1 Å². The van der Waals surface area contributed by atoms with Gasteiger partial charge in [0.15, 0.2) is 5.69 Å². The zero-order valence-electron chi connectivity index (χ0n) is 19.6. The topological polar surface area (TPSA) is 85.2 Å². The molecule has 0 fully saturated rings. The molecular weight excluding hydrogens is 509 g/mol. The predicted molar refractivity (Wildman–Crippen MR) is 134 cm³/mol. The van der Waals surface area contributed by atoms with Gasteiger partial charge in [0.1, 0.15) is 5.75 Å². The van der Waals surface area contributed by atoms with Gasteiger partial charge < -0.3 is 15.4 Å². The van der Waals surface area contributed by atoms with Gasteiger partial charge in [0.25, 0.3) is 11.8 Å². The van der Waals surface area contributed by atoms with E-state index in [1.165, 1.54) is 56.5 Å². The van der Waals surface area contributed by atoms with Crippen molar-refractivity contribution in [2.24, 2.45) is 0 Å². The number of carbonyl (C=O) groups excluding carboxylic acids is 2. The first-order valence-corrected chi connectivity index (χ1v) is 11.2. The van der Waals surface area contributed by atoms with Crippen molar-refractivity contribution in [1.82, 2.24) is 9.78 Å². The minimum Gasteiger partial charge on any atom is -0.497 e. The average molecular weight is 529 g/mol. The lowest BCUT2D eigenvalue weighted by atomic mass is 10.1. The standard InChI is InChI=1S/C26H20ClF3N4O3/c1-15-13-23(26(28,29)30)33-34(15)22-12-9-19(31-24(35)17-5-10-20(37-2)11-6-17)14-21(22)32-25(36)16-3-7-18(27)8-4-16/h3-14H,1-2H3,(H,31,35)(H,32,36). The highest BCUT2D eigenvalue weighted by molar-refractivity contribution is 6.30. The first-order valence-electron chi connectivity index (χ1n) is 10.9. The number of carbonyl (C=O) groups is 2. The van der Waals surface area contributed by atoms with Crippen LogP contribution in [0.15, 0.2) is 72.8 Å². The second-order valence-corrected chi connectivity index (χ2v) is 8.39. The summed E-state index contributed by atoms with van der Waals surface area (Å²) in [5, 5.41) is 9.54. The van der Waals surface area contributed by atoms with E-state index < -0.39 is 23.7 Å². The summed E-state index contributed by atoms with van der Waals surface area (Å²) in [6.07, 6.45) is -4.64. The molecule has 0 bridgehead atoms. The minimum absolute atomic E-state index is 0.132. The molecule has 190 valence electrons. The monoisotopic (exact) mass is 528 g/mol. The van der Waals surface area contributed by atoms with Gasteiger partial charge in [-0.3, -0.25) is 9.59 Å². The summed E-state index contributed by atoms with van der Waals surface area (Å²) in [6, 6.07) is 17.8. The summed E-state index contributed by atoms with van der Waals surface area (Å²) in [7, 11) is 1.51. The Morgan fingerprint density at radius 3 is 2.05 bits per heavy atom. The molecule has 3 aromatic carbocycles. The lowest BCUT2D eigenvalue weighted by Gasteiger charge is -2.15. The number of amides is 2. The van der Waals surface area contributed by atoms with Gasteiger partial charge >= 0.3 is 6.18 Å². The molecule has 4 aromatic rings. The summed E-state index contributed by atoms with van der Waals surface area (Å²) in [6.45, 7) is 1.46. The lowest BCUT2D eigenvalue weighted by molar-refractivity contribution is -0.141. The quantitative estimate of drug-likeness (QED) is 0.305. The summed E-state index contributed by atoms with van der Waals surface area (Å²) in [4.78, 5) is 25.6. The predicted octanol–water partition coefficient (Wildman–Crippen LogP) is 6.37. The molecule has 0 aliphatic carbocycles. The zero-order valence-corrected chi connectivity index (χ0v) is 20.3. The van der Waals surface area contributed by atoms with Crippen LogP contribution in [0.2, 0.25) is 5.02 Å². The molecule has 1 aromatic heterocycles. The maximum Gasteiger partial charge on any atom is 0.435 e. The Morgan fingerprint density at radius 2 is 1.49 bits per heavy atom. The molecular formula is C26H20ClF3N4O3. The molecule has 2 N–H and O–H groups in total. The molecule has 0 aliphatic rings. The van der Waals surface area contributed by atoms with Crippen LogP contribution in [0, 0.1) is 6.92 Å². The molecule has 0 unspecified atom stereocenters. The van der Waals surface area contributed by atoms with Crippen LogP contribution in [-0.4, -0.2) is 28.7 Å². The number of ether oxygens (including phenoxy) is 1. The molecule has 1 heterocycles. The molecule has 0 spiro atoms. The summed E-state index contributed by atoms with van der Waals surface area (Å²) in [5.41, 5.74) is 0.369. The Bertz CT molecular complexity index is 1450. The Hall–Kier alpha value is -4.31. The van der Waals surface area contributed by atoms with Gasteiger partial charge in [0.2, 0.25) is 0 Å². The van der Waals surface area contributed by atoms with Gasteiger partial charge in [-0.25, -0.2) is 4.68 Å². The SMILES string of the molecule is COc1ccc(C(=O)Nc2ccc(-n3nc(C(F)(F)F)cc3C)c(NC(=O)c3ccc(Cl)cc3)c2)cc1. The zero-order chi connectivity index (χ0) is 26.7. The Kier molecular flexibility index (Phi) is 7.21. The van der Waals surface area contributed by atoms with Gasteiger partial charge in [-0.1, -0.05) is 11.6 Å². The molecule has 11 heteroatoms. The van der Waals surface area contributed by atoms with Crippen LogP contribution >= 0.6 is 11.6 Å². The number of alkyl halides is 3. The number of hydrogen-bond donors (Lipinski definition) is 2. The van der Waals surface area contributed by atoms with E-state index in [4.69, 9.17) is 16.3 Å². The van der Waals surface area contributed by atoms with E-state index in [1.54, 1.807) is 24.3 Å². The fourth-order valence-corrected chi connectivity index (χ4v) is 3.62. The highest BCUT2D eigenvalue weighted by atomic mass is 35.5. The van der Waals surface area contributed by atoms with Crippen LogP contribution in [0.5, 0.6) is 5.75 Å². The maximum absolute atomic E-state index is 13.3. The number of rotatable bonds is 6. The molecule has 0 saturated carbocycles. The molecule has 0 saturated heterocycles. The first kappa shape index (κ1) is 25.8. The van der Waals surface area contributed by atoms with E-state index in [0.717, 1.165) is 10.7 Å². The van der Waals surface area contributed by atoms with Crippen LogP contribution in [-0.2, 0) is 6.18 Å². The third-order valence-electron chi connectivity index (χ3n) is 5.37. The number of aryl methyl sites for hydroxylation is 1. The van der Waals surface area contributed by atoms with Gasteiger partial charge in [0, 0.05) is 27.5 Å². The number of halogens is 4. The first-order chi connectivity index (χ1) is 17.5. The van der Waals surface area contributed by atoms with Crippen LogP contribution < -0.4 is 15.4 Å². The van der Waals surface area contributed by atoms with E-state index >= 15 is 0 Å². The van der Waals surface area contributed by atoms with Crippen molar-refractivity contribution in [3.63, 3.8) is 0 Å². The summed E-state index contributed by atoms with van der Waals surface area (Å²) >= 11 is 5.89. The number of nitrogens with one attached hydrogen (secondary N) is 2. The smallest absolute Gasteiger partial charge is 0.435 e. The van der Waals surface area contributed by atoms with Crippen molar-refractivity contribution in [2.75, 3.05) is 17.7 Å². The minimum atomic E-state index is -4.64.